The Kier molecular flexibility index (Phi) is 6.19. The van der Waals surface area contributed by atoms with E-state index < -0.39 is 24.5 Å². The Labute approximate surface area is 190 Å². The Balaban J connectivity index is 1.97. The second kappa shape index (κ2) is 8.24. The molecule has 153 valence electrons. The zero-order chi connectivity index (χ0) is 20.9. The molecule has 4 atom stereocenters. The van der Waals surface area contributed by atoms with Gasteiger partial charge in [0.2, 0.25) is 0 Å². The van der Waals surface area contributed by atoms with Crippen molar-refractivity contribution in [1.82, 2.24) is 2.71 Å². The third-order valence-electron chi connectivity index (χ3n) is 7.00. The van der Waals surface area contributed by atoms with Crippen LogP contribution >= 0.6 is 7.92 Å². The average molecular weight is 600 g/mol. The second-order valence-electron chi connectivity index (χ2n) is 9.24. The SMILES string of the molecule is CCC(C)c1cc(C)cc2c1O[C@@H]1[Tl][N](C)Cc3cc(C)ccc3P1C2(C)CC. The van der Waals surface area contributed by atoms with Crippen LogP contribution in [0.3, 0.4) is 0 Å². The van der Waals surface area contributed by atoms with Gasteiger partial charge in [0.05, 0.1) is 0 Å². The van der Waals surface area contributed by atoms with Crippen molar-refractivity contribution >= 4 is 37.8 Å². The van der Waals surface area contributed by atoms with Gasteiger partial charge in [0.15, 0.2) is 0 Å². The van der Waals surface area contributed by atoms with E-state index in [0.717, 1.165) is 13.0 Å². The van der Waals surface area contributed by atoms with E-state index in [2.05, 4.69) is 81.6 Å². The fourth-order valence-electron chi connectivity index (χ4n) is 4.98. The van der Waals surface area contributed by atoms with E-state index in [1.807, 2.05) is 0 Å². The van der Waals surface area contributed by atoms with Gasteiger partial charge in [-0.15, -0.1) is 0 Å². The summed E-state index contributed by atoms with van der Waals surface area (Å²) < 4.78 is 10.2. The van der Waals surface area contributed by atoms with Crippen molar-refractivity contribution < 1.29 is 4.74 Å². The van der Waals surface area contributed by atoms with Crippen LogP contribution in [-0.2, 0) is 11.7 Å². The van der Waals surface area contributed by atoms with Gasteiger partial charge >= 0.3 is 192 Å². The first-order valence-corrected chi connectivity index (χ1v) is 17.0. The molecule has 2 aromatic rings. The quantitative estimate of drug-likeness (QED) is 0.318. The molecule has 0 aliphatic carbocycles. The van der Waals surface area contributed by atoms with E-state index in [-0.39, 0.29) is 13.1 Å². The van der Waals surface area contributed by atoms with Gasteiger partial charge in [0.1, 0.15) is 0 Å². The second-order valence-corrected chi connectivity index (χ2v) is 21.1. The number of hydrogen-bond acceptors (Lipinski definition) is 2. The fraction of sp³-hybridized carbons (Fsp3) is 0.520. The number of fused-ring (bicyclic) bond motifs is 4. The maximum atomic E-state index is 7.06. The van der Waals surface area contributed by atoms with Crippen LogP contribution in [0.4, 0.5) is 0 Å². The van der Waals surface area contributed by atoms with Crippen LogP contribution < -0.4 is 10.0 Å². The summed E-state index contributed by atoms with van der Waals surface area (Å²) in [5.74, 6) is 1.79. The molecule has 3 unspecified atom stereocenters. The van der Waals surface area contributed by atoms with Gasteiger partial charge < -0.3 is 0 Å². The van der Waals surface area contributed by atoms with Gasteiger partial charge in [-0.05, 0) is 0 Å². The summed E-state index contributed by atoms with van der Waals surface area (Å²) in [4.78, 5) is 0. The fourth-order valence-corrected chi connectivity index (χ4v) is 21.0. The topological polar surface area (TPSA) is 12.5 Å². The third-order valence-corrected chi connectivity index (χ3v) is 19.0. The predicted octanol–water partition coefficient (Wildman–Crippen LogP) is 5.99. The average Bonchev–Trinajstić information content (AvgIpc) is 2.82. The molecule has 4 heteroatoms. The molecule has 0 aromatic heterocycles. The van der Waals surface area contributed by atoms with Gasteiger partial charge in [-0.1, -0.05) is 0 Å². The van der Waals surface area contributed by atoms with E-state index in [1.165, 1.54) is 34.4 Å². The van der Waals surface area contributed by atoms with Crippen molar-refractivity contribution in [3.63, 3.8) is 0 Å². The molecular weight excluding hydrogens is 566 g/mol. The molecule has 2 aromatic carbocycles. The first kappa shape index (κ1) is 21.8. The molecule has 0 spiro atoms. The molecule has 29 heavy (non-hydrogen) atoms. The summed E-state index contributed by atoms with van der Waals surface area (Å²) in [6, 6.07) is 12.0. The molecule has 2 nitrogen and oxygen atoms in total. The van der Waals surface area contributed by atoms with Crippen molar-refractivity contribution in [1.29, 1.82) is 0 Å². The molecular formula is C25H34NOPTl. The minimum absolute atomic E-state index is 0.188. The van der Waals surface area contributed by atoms with E-state index in [4.69, 9.17) is 4.74 Å². The Morgan fingerprint density at radius 2 is 1.97 bits per heavy atom. The molecule has 0 fully saturated rings. The van der Waals surface area contributed by atoms with Gasteiger partial charge in [-0.2, -0.15) is 0 Å². The molecule has 2 aliphatic heterocycles. The Hall–Kier alpha value is -0.448. The van der Waals surface area contributed by atoms with Crippen LogP contribution in [0.25, 0.3) is 0 Å². The number of nitrogens with zero attached hydrogens (tertiary/aromatic N) is 1. The standard InChI is InChI=1S/C25H34NOP.Tl/c1-8-19(5)21-13-18(4)14-22-24(21)27-16-28(25(22,6)9-2)23-11-10-17(3)12-20(23)15-26-7;/h10-14,16,19H,8-9,15H2,1-7H3;/q-1;+1. The summed E-state index contributed by atoms with van der Waals surface area (Å²) in [7, 11) is 1.96. The normalized spacial score (nSPS) is 26.7. The maximum absolute atomic E-state index is 7.06. The molecule has 2 heterocycles. The van der Waals surface area contributed by atoms with E-state index in [9.17, 15) is 0 Å². The minimum atomic E-state index is -1.26. The van der Waals surface area contributed by atoms with Crippen molar-refractivity contribution in [2.75, 3.05) is 7.05 Å². The molecule has 0 radical (unpaired) electrons. The number of aryl methyl sites for hydroxylation is 2. The number of ether oxygens (including phenoxy) is 1. The Bertz CT molecular complexity index is 929. The Morgan fingerprint density at radius 3 is 2.66 bits per heavy atom. The van der Waals surface area contributed by atoms with Crippen LogP contribution in [0.1, 0.15) is 74.3 Å². The van der Waals surface area contributed by atoms with Crippen LogP contribution in [0.2, 0.25) is 0 Å². The zero-order valence-corrected chi connectivity index (χ0v) is 24.4. The van der Waals surface area contributed by atoms with Crippen molar-refractivity contribution in [2.45, 2.75) is 75.4 Å². The summed E-state index contributed by atoms with van der Waals surface area (Å²) in [5, 5.41) is 1.80. The van der Waals surface area contributed by atoms with Crippen molar-refractivity contribution in [3.8, 4) is 5.75 Å². The molecule has 2 aliphatic rings. The molecule has 0 bridgehead atoms. The zero-order valence-electron chi connectivity index (χ0n) is 19.0. The number of rotatable bonds is 3. The summed E-state index contributed by atoms with van der Waals surface area (Å²) in [6.07, 6.45) is 2.34. The van der Waals surface area contributed by atoms with E-state index in [0.29, 0.717) is 9.32 Å². The number of hydrogen-bond donors (Lipinski definition) is 0. The van der Waals surface area contributed by atoms with Gasteiger partial charge in [0.25, 0.3) is 0 Å². The van der Waals surface area contributed by atoms with E-state index >= 15 is 0 Å². The molecule has 0 saturated carbocycles. The molecule has 0 saturated heterocycles. The van der Waals surface area contributed by atoms with Crippen LogP contribution in [0, 0.1) is 13.8 Å². The van der Waals surface area contributed by atoms with Crippen molar-refractivity contribution in [3.05, 3.63) is 58.1 Å². The number of benzene rings is 2. The molecule has 0 amide bonds. The van der Waals surface area contributed by atoms with Crippen LogP contribution in [0.5, 0.6) is 5.75 Å². The molecule has 0 N–H and O–H groups in total. The summed E-state index contributed by atoms with van der Waals surface area (Å²) >= 11 is -1.26. The predicted molar refractivity (Wildman–Crippen MR) is 127 cm³/mol. The summed E-state index contributed by atoms with van der Waals surface area (Å²) in [5.41, 5.74) is 7.25. The van der Waals surface area contributed by atoms with Crippen LogP contribution in [-0.4, -0.2) is 37.7 Å². The molecule has 4 rings (SSSR count). The Morgan fingerprint density at radius 1 is 1.21 bits per heavy atom. The van der Waals surface area contributed by atoms with Crippen molar-refractivity contribution in [2.24, 2.45) is 0 Å². The van der Waals surface area contributed by atoms with Crippen LogP contribution in [0.15, 0.2) is 30.3 Å². The van der Waals surface area contributed by atoms with E-state index in [1.54, 1.807) is 10.9 Å². The first-order chi connectivity index (χ1) is 13.8. The summed E-state index contributed by atoms with van der Waals surface area (Å²) in [6.45, 7) is 15.2. The van der Waals surface area contributed by atoms with Gasteiger partial charge in [-0.25, -0.2) is 0 Å². The third kappa shape index (κ3) is 3.72. The monoisotopic (exact) mass is 600 g/mol. The van der Waals surface area contributed by atoms with Gasteiger partial charge in [-0.3, -0.25) is 0 Å². The van der Waals surface area contributed by atoms with Gasteiger partial charge in [0, 0.05) is 0 Å². The first-order valence-electron chi connectivity index (χ1n) is 11.0.